The van der Waals surface area contributed by atoms with Crippen LogP contribution in [0.5, 0.6) is 0 Å². The van der Waals surface area contributed by atoms with Gasteiger partial charge in [-0.15, -0.1) is 0 Å². The first-order valence-electron chi connectivity index (χ1n) is 5.31. The molecule has 0 saturated carbocycles. The van der Waals surface area contributed by atoms with E-state index in [4.69, 9.17) is 0 Å². The normalized spacial score (nSPS) is 13.5. The van der Waals surface area contributed by atoms with Crippen LogP contribution in [0.1, 0.15) is 26.5 Å². The van der Waals surface area contributed by atoms with Crippen LogP contribution in [0.15, 0.2) is 12.3 Å². The van der Waals surface area contributed by atoms with Gasteiger partial charge in [-0.05, 0) is 25.5 Å². The van der Waals surface area contributed by atoms with Crippen molar-refractivity contribution in [3.8, 4) is 0 Å². The second kappa shape index (κ2) is 5.15. The lowest BCUT2D eigenvalue weighted by molar-refractivity contribution is 0.406. The van der Waals surface area contributed by atoms with Gasteiger partial charge in [0, 0.05) is 18.8 Å². The lowest BCUT2D eigenvalue weighted by Crippen LogP contribution is -2.29. The fourth-order valence-electron chi connectivity index (χ4n) is 1.39. The van der Waals surface area contributed by atoms with Crippen LogP contribution in [0.4, 0.5) is 0 Å². The summed E-state index contributed by atoms with van der Waals surface area (Å²) in [5, 5.41) is 7.80. The first-order valence-corrected chi connectivity index (χ1v) is 5.31. The van der Waals surface area contributed by atoms with Crippen LogP contribution < -0.4 is 5.32 Å². The molecule has 0 aliphatic rings. The minimum absolute atomic E-state index is 0.566. The zero-order valence-corrected chi connectivity index (χ0v) is 9.62. The van der Waals surface area contributed by atoms with Crippen molar-refractivity contribution in [2.75, 3.05) is 6.54 Å². The Hall–Kier alpha value is -0.830. The van der Waals surface area contributed by atoms with E-state index in [0.29, 0.717) is 12.0 Å². The van der Waals surface area contributed by atoms with E-state index in [1.807, 2.05) is 23.9 Å². The molecular formula is C11H21N3. The molecule has 0 aromatic carbocycles. The first kappa shape index (κ1) is 11.2. The van der Waals surface area contributed by atoms with Crippen LogP contribution >= 0.6 is 0 Å². The molecule has 1 rings (SSSR count). The fourth-order valence-corrected chi connectivity index (χ4v) is 1.39. The Morgan fingerprint density at radius 1 is 1.43 bits per heavy atom. The zero-order chi connectivity index (χ0) is 10.6. The van der Waals surface area contributed by atoms with Gasteiger partial charge in [-0.25, -0.2) is 0 Å². The highest BCUT2D eigenvalue weighted by Crippen LogP contribution is 2.00. The second-order valence-electron chi connectivity index (χ2n) is 4.35. The number of hydrogen-bond donors (Lipinski definition) is 1. The van der Waals surface area contributed by atoms with Crippen molar-refractivity contribution in [1.82, 2.24) is 15.1 Å². The van der Waals surface area contributed by atoms with Crippen molar-refractivity contribution in [1.29, 1.82) is 0 Å². The predicted octanol–water partition coefficient (Wildman–Crippen LogP) is 1.83. The lowest BCUT2D eigenvalue weighted by atomic mass is 10.2. The van der Waals surface area contributed by atoms with Crippen LogP contribution in [-0.4, -0.2) is 22.4 Å². The number of rotatable bonds is 5. The average Bonchev–Trinajstić information content (AvgIpc) is 2.48. The van der Waals surface area contributed by atoms with E-state index >= 15 is 0 Å². The molecule has 0 radical (unpaired) electrons. The number of aryl methyl sites for hydroxylation is 1. The molecular weight excluding hydrogens is 174 g/mol. The largest absolute Gasteiger partial charge is 0.314 e. The molecule has 0 fully saturated rings. The standard InChI is InChI=1S/C11H21N3/c1-9(2)12-7-10(3)8-14-6-5-11(4)13-14/h5-6,9-10,12H,7-8H2,1-4H3. The summed E-state index contributed by atoms with van der Waals surface area (Å²) in [6.07, 6.45) is 2.04. The lowest BCUT2D eigenvalue weighted by Gasteiger charge is -2.14. The highest BCUT2D eigenvalue weighted by Gasteiger charge is 2.04. The minimum atomic E-state index is 0.566. The Bertz CT molecular complexity index is 265. The van der Waals surface area contributed by atoms with E-state index in [2.05, 4.69) is 31.2 Å². The third kappa shape index (κ3) is 3.92. The smallest absolute Gasteiger partial charge is 0.0593 e. The zero-order valence-electron chi connectivity index (χ0n) is 9.62. The van der Waals surface area contributed by atoms with Gasteiger partial charge in [0.25, 0.3) is 0 Å². The van der Waals surface area contributed by atoms with Gasteiger partial charge in [0.15, 0.2) is 0 Å². The molecule has 1 aromatic heterocycles. The van der Waals surface area contributed by atoms with E-state index in [9.17, 15) is 0 Å². The van der Waals surface area contributed by atoms with Gasteiger partial charge in [0.1, 0.15) is 0 Å². The van der Waals surface area contributed by atoms with Gasteiger partial charge in [0.05, 0.1) is 5.69 Å². The van der Waals surface area contributed by atoms with Gasteiger partial charge >= 0.3 is 0 Å². The van der Waals surface area contributed by atoms with Gasteiger partial charge in [-0.2, -0.15) is 5.10 Å². The molecule has 0 saturated heterocycles. The molecule has 1 N–H and O–H groups in total. The Morgan fingerprint density at radius 2 is 2.14 bits per heavy atom. The van der Waals surface area contributed by atoms with Crippen LogP contribution in [-0.2, 0) is 6.54 Å². The van der Waals surface area contributed by atoms with Crippen molar-refractivity contribution in [2.45, 2.75) is 40.3 Å². The third-order valence-electron chi connectivity index (χ3n) is 2.15. The predicted molar refractivity (Wildman–Crippen MR) is 59.3 cm³/mol. The Balaban J connectivity index is 2.30. The van der Waals surface area contributed by atoms with Gasteiger partial charge in [-0.1, -0.05) is 20.8 Å². The monoisotopic (exact) mass is 195 g/mol. The molecule has 0 bridgehead atoms. The number of hydrogen-bond acceptors (Lipinski definition) is 2. The van der Waals surface area contributed by atoms with E-state index in [0.717, 1.165) is 18.8 Å². The Kier molecular flexibility index (Phi) is 4.14. The molecule has 1 heterocycles. The van der Waals surface area contributed by atoms with Gasteiger partial charge < -0.3 is 5.32 Å². The number of nitrogens with one attached hydrogen (secondary N) is 1. The Labute approximate surface area is 86.5 Å². The maximum absolute atomic E-state index is 4.37. The summed E-state index contributed by atoms with van der Waals surface area (Å²) >= 11 is 0. The van der Waals surface area contributed by atoms with Crippen molar-refractivity contribution >= 4 is 0 Å². The molecule has 0 spiro atoms. The summed E-state index contributed by atoms with van der Waals surface area (Å²) in [5.74, 6) is 0.622. The van der Waals surface area contributed by atoms with Crippen LogP contribution in [0.2, 0.25) is 0 Å². The summed E-state index contributed by atoms with van der Waals surface area (Å²) in [5.41, 5.74) is 1.09. The molecule has 80 valence electrons. The minimum Gasteiger partial charge on any atom is -0.314 e. The van der Waals surface area contributed by atoms with Gasteiger partial charge in [0.2, 0.25) is 0 Å². The molecule has 0 aliphatic heterocycles. The van der Waals surface area contributed by atoms with Crippen molar-refractivity contribution in [2.24, 2.45) is 5.92 Å². The molecule has 1 atom stereocenters. The van der Waals surface area contributed by atoms with E-state index in [-0.39, 0.29) is 0 Å². The van der Waals surface area contributed by atoms with Crippen LogP contribution in [0.25, 0.3) is 0 Å². The maximum atomic E-state index is 4.37. The quantitative estimate of drug-likeness (QED) is 0.776. The molecule has 14 heavy (non-hydrogen) atoms. The third-order valence-corrected chi connectivity index (χ3v) is 2.15. The number of nitrogens with zero attached hydrogens (tertiary/aromatic N) is 2. The molecule has 3 nitrogen and oxygen atoms in total. The van der Waals surface area contributed by atoms with E-state index in [1.54, 1.807) is 0 Å². The molecule has 3 heteroatoms. The van der Waals surface area contributed by atoms with Crippen molar-refractivity contribution in [3.05, 3.63) is 18.0 Å². The highest BCUT2D eigenvalue weighted by molar-refractivity contribution is 4.94. The van der Waals surface area contributed by atoms with Crippen LogP contribution in [0, 0.1) is 12.8 Å². The average molecular weight is 195 g/mol. The van der Waals surface area contributed by atoms with E-state index < -0.39 is 0 Å². The fraction of sp³-hybridized carbons (Fsp3) is 0.727. The summed E-state index contributed by atoms with van der Waals surface area (Å²) in [6, 6.07) is 2.61. The molecule has 0 amide bonds. The maximum Gasteiger partial charge on any atom is 0.0593 e. The van der Waals surface area contributed by atoms with Crippen molar-refractivity contribution < 1.29 is 0 Å². The van der Waals surface area contributed by atoms with Gasteiger partial charge in [-0.3, -0.25) is 4.68 Å². The first-order chi connectivity index (χ1) is 6.58. The number of aromatic nitrogens is 2. The molecule has 1 unspecified atom stereocenters. The Morgan fingerprint density at radius 3 is 2.64 bits per heavy atom. The van der Waals surface area contributed by atoms with Crippen LogP contribution in [0.3, 0.4) is 0 Å². The molecule has 1 aromatic rings. The SMILES string of the molecule is Cc1ccn(CC(C)CNC(C)C)n1. The highest BCUT2D eigenvalue weighted by atomic mass is 15.3. The summed E-state index contributed by atoms with van der Waals surface area (Å²) in [6.45, 7) is 10.7. The summed E-state index contributed by atoms with van der Waals surface area (Å²) in [4.78, 5) is 0. The summed E-state index contributed by atoms with van der Waals surface area (Å²) < 4.78 is 2.02. The molecule has 0 aliphatic carbocycles. The second-order valence-corrected chi connectivity index (χ2v) is 4.35. The van der Waals surface area contributed by atoms with Crippen molar-refractivity contribution in [3.63, 3.8) is 0 Å². The summed E-state index contributed by atoms with van der Waals surface area (Å²) in [7, 11) is 0. The van der Waals surface area contributed by atoms with E-state index in [1.165, 1.54) is 0 Å². The topological polar surface area (TPSA) is 29.9 Å².